The number of aromatic nitrogens is 3. The van der Waals surface area contributed by atoms with Gasteiger partial charge in [0.15, 0.2) is 5.82 Å². The molecule has 24 heavy (non-hydrogen) atoms. The van der Waals surface area contributed by atoms with Crippen molar-refractivity contribution in [3.8, 4) is 11.5 Å². The molecule has 6 heteroatoms. The van der Waals surface area contributed by atoms with E-state index in [1.807, 2.05) is 12.3 Å². The summed E-state index contributed by atoms with van der Waals surface area (Å²) in [5, 5.41) is 4.12. The average molecular weight is 327 g/mol. The van der Waals surface area contributed by atoms with E-state index in [2.05, 4.69) is 26.1 Å². The summed E-state index contributed by atoms with van der Waals surface area (Å²) in [6.45, 7) is 2.18. The van der Waals surface area contributed by atoms with E-state index >= 15 is 0 Å². The van der Waals surface area contributed by atoms with Crippen molar-refractivity contribution < 1.29 is 4.52 Å². The number of hydrogen-bond donors (Lipinski definition) is 1. The predicted molar refractivity (Wildman–Crippen MR) is 92.5 cm³/mol. The summed E-state index contributed by atoms with van der Waals surface area (Å²) in [7, 11) is 0. The SMILES string of the molecule is NC1(c2noc(-c3ccc(N4CCCCCC4)nc3)n2)CCCC1. The molecule has 2 aromatic heterocycles. The van der Waals surface area contributed by atoms with E-state index in [4.69, 9.17) is 10.3 Å². The quantitative estimate of drug-likeness (QED) is 0.932. The van der Waals surface area contributed by atoms with Crippen LogP contribution in [-0.4, -0.2) is 28.2 Å². The van der Waals surface area contributed by atoms with E-state index in [0.717, 1.165) is 50.2 Å². The second kappa shape index (κ2) is 6.51. The summed E-state index contributed by atoms with van der Waals surface area (Å²) in [6, 6.07) is 4.07. The van der Waals surface area contributed by atoms with Crippen molar-refractivity contribution in [3.05, 3.63) is 24.2 Å². The van der Waals surface area contributed by atoms with Gasteiger partial charge in [-0.3, -0.25) is 0 Å². The lowest BCUT2D eigenvalue weighted by Gasteiger charge is -2.21. The van der Waals surface area contributed by atoms with E-state index in [1.54, 1.807) is 0 Å². The van der Waals surface area contributed by atoms with Crippen LogP contribution in [0, 0.1) is 0 Å². The van der Waals surface area contributed by atoms with Crippen molar-refractivity contribution >= 4 is 5.82 Å². The van der Waals surface area contributed by atoms with Gasteiger partial charge in [-0.15, -0.1) is 0 Å². The molecule has 2 N–H and O–H groups in total. The van der Waals surface area contributed by atoms with Crippen LogP contribution in [0.15, 0.2) is 22.9 Å². The number of nitrogens with zero attached hydrogens (tertiary/aromatic N) is 4. The molecule has 2 aromatic rings. The molecule has 1 aliphatic carbocycles. The summed E-state index contributed by atoms with van der Waals surface area (Å²) >= 11 is 0. The first-order valence-electron chi connectivity index (χ1n) is 9.09. The van der Waals surface area contributed by atoms with Crippen molar-refractivity contribution in [2.75, 3.05) is 18.0 Å². The largest absolute Gasteiger partial charge is 0.357 e. The van der Waals surface area contributed by atoms with Gasteiger partial charge in [-0.25, -0.2) is 4.98 Å². The Morgan fingerprint density at radius 3 is 2.42 bits per heavy atom. The summed E-state index contributed by atoms with van der Waals surface area (Å²) < 4.78 is 5.44. The molecule has 0 spiro atoms. The van der Waals surface area contributed by atoms with Gasteiger partial charge in [0.05, 0.1) is 11.1 Å². The lowest BCUT2D eigenvalue weighted by atomic mass is 9.99. The van der Waals surface area contributed by atoms with Gasteiger partial charge in [0, 0.05) is 19.3 Å². The first-order chi connectivity index (χ1) is 11.7. The summed E-state index contributed by atoms with van der Waals surface area (Å²) in [5.41, 5.74) is 6.84. The van der Waals surface area contributed by atoms with Crippen LogP contribution in [0.3, 0.4) is 0 Å². The highest BCUT2D eigenvalue weighted by molar-refractivity contribution is 5.54. The molecule has 1 aliphatic heterocycles. The van der Waals surface area contributed by atoms with Crippen LogP contribution < -0.4 is 10.6 Å². The van der Waals surface area contributed by atoms with Crippen LogP contribution in [0.5, 0.6) is 0 Å². The first-order valence-corrected chi connectivity index (χ1v) is 9.09. The van der Waals surface area contributed by atoms with E-state index in [-0.39, 0.29) is 0 Å². The van der Waals surface area contributed by atoms with Crippen molar-refractivity contribution in [2.45, 2.75) is 56.9 Å². The highest BCUT2D eigenvalue weighted by Gasteiger charge is 2.36. The monoisotopic (exact) mass is 327 g/mol. The molecule has 3 heterocycles. The Labute approximate surface area is 142 Å². The standard InChI is InChI=1S/C18H25N5O/c19-18(9-3-4-10-18)17-21-16(24-22-17)14-7-8-15(20-13-14)23-11-5-1-2-6-12-23/h7-8,13H,1-6,9-12,19H2. The summed E-state index contributed by atoms with van der Waals surface area (Å²) in [5.74, 6) is 2.18. The molecule has 1 saturated carbocycles. The topological polar surface area (TPSA) is 81.1 Å². The number of anilines is 1. The van der Waals surface area contributed by atoms with Crippen molar-refractivity contribution in [1.29, 1.82) is 0 Å². The highest BCUT2D eigenvalue weighted by Crippen LogP contribution is 2.35. The van der Waals surface area contributed by atoms with Crippen molar-refractivity contribution in [3.63, 3.8) is 0 Å². The molecule has 0 radical (unpaired) electrons. The number of pyridine rings is 1. The number of rotatable bonds is 3. The second-order valence-corrected chi connectivity index (χ2v) is 7.09. The normalized spacial score (nSPS) is 21.0. The fourth-order valence-corrected chi connectivity index (χ4v) is 3.77. The third-order valence-electron chi connectivity index (χ3n) is 5.29. The molecular formula is C18H25N5O. The molecule has 0 bridgehead atoms. The maximum Gasteiger partial charge on any atom is 0.259 e. The average Bonchev–Trinajstić information content (AvgIpc) is 3.19. The Morgan fingerprint density at radius 1 is 1.00 bits per heavy atom. The Hall–Kier alpha value is -1.95. The molecule has 0 amide bonds. The van der Waals surface area contributed by atoms with Crippen LogP contribution in [0.2, 0.25) is 0 Å². The predicted octanol–water partition coefficient (Wildman–Crippen LogP) is 3.24. The molecule has 4 rings (SSSR count). The molecular weight excluding hydrogens is 302 g/mol. The van der Waals surface area contributed by atoms with Crippen LogP contribution in [0.1, 0.15) is 57.2 Å². The third kappa shape index (κ3) is 3.02. The zero-order valence-corrected chi connectivity index (χ0v) is 14.1. The van der Waals surface area contributed by atoms with Gasteiger partial charge in [0.25, 0.3) is 5.89 Å². The molecule has 2 aliphatic rings. The van der Waals surface area contributed by atoms with Gasteiger partial charge < -0.3 is 15.2 Å². The Bertz CT molecular complexity index is 667. The molecule has 0 atom stereocenters. The smallest absolute Gasteiger partial charge is 0.259 e. The van der Waals surface area contributed by atoms with Crippen molar-refractivity contribution in [2.24, 2.45) is 5.73 Å². The second-order valence-electron chi connectivity index (χ2n) is 7.09. The van der Waals surface area contributed by atoms with Gasteiger partial charge in [0.1, 0.15) is 5.82 Å². The first kappa shape index (κ1) is 15.6. The minimum atomic E-state index is -0.416. The van der Waals surface area contributed by atoms with Crippen LogP contribution >= 0.6 is 0 Å². The fourth-order valence-electron chi connectivity index (χ4n) is 3.77. The summed E-state index contributed by atoms with van der Waals surface area (Å²) in [4.78, 5) is 11.5. The van der Waals surface area contributed by atoms with E-state index < -0.39 is 5.54 Å². The maximum atomic E-state index is 6.40. The number of nitrogens with two attached hydrogens (primary N) is 1. The minimum absolute atomic E-state index is 0.416. The molecule has 0 unspecified atom stereocenters. The van der Waals surface area contributed by atoms with Crippen LogP contribution in [-0.2, 0) is 5.54 Å². The van der Waals surface area contributed by atoms with Gasteiger partial charge in [-0.1, -0.05) is 30.8 Å². The van der Waals surface area contributed by atoms with Crippen LogP contribution in [0.25, 0.3) is 11.5 Å². The molecule has 6 nitrogen and oxygen atoms in total. The molecule has 2 fully saturated rings. The van der Waals surface area contributed by atoms with Gasteiger partial charge in [-0.05, 0) is 37.8 Å². The number of hydrogen-bond acceptors (Lipinski definition) is 6. The Balaban J connectivity index is 1.51. The van der Waals surface area contributed by atoms with Gasteiger partial charge in [0.2, 0.25) is 0 Å². The Morgan fingerprint density at radius 2 is 1.75 bits per heavy atom. The van der Waals surface area contributed by atoms with Gasteiger partial charge in [-0.2, -0.15) is 4.98 Å². The molecule has 1 saturated heterocycles. The fraction of sp³-hybridized carbons (Fsp3) is 0.611. The minimum Gasteiger partial charge on any atom is -0.357 e. The lowest BCUT2D eigenvalue weighted by Crippen LogP contribution is -2.34. The highest BCUT2D eigenvalue weighted by atomic mass is 16.5. The lowest BCUT2D eigenvalue weighted by molar-refractivity contribution is 0.372. The van der Waals surface area contributed by atoms with Crippen LogP contribution in [0.4, 0.5) is 5.82 Å². The van der Waals surface area contributed by atoms with Crippen molar-refractivity contribution in [1.82, 2.24) is 15.1 Å². The van der Waals surface area contributed by atoms with Gasteiger partial charge >= 0.3 is 0 Å². The summed E-state index contributed by atoms with van der Waals surface area (Å²) in [6.07, 6.45) is 11.1. The zero-order valence-electron chi connectivity index (χ0n) is 14.1. The molecule has 0 aromatic carbocycles. The van der Waals surface area contributed by atoms with E-state index in [9.17, 15) is 0 Å². The Kier molecular flexibility index (Phi) is 4.22. The maximum absolute atomic E-state index is 6.40. The molecule has 128 valence electrons. The van der Waals surface area contributed by atoms with E-state index in [1.165, 1.54) is 25.7 Å². The third-order valence-corrected chi connectivity index (χ3v) is 5.29. The zero-order chi connectivity index (χ0) is 16.4. The van der Waals surface area contributed by atoms with E-state index in [0.29, 0.717) is 11.7 Å².